The van der Waals surface area contributed by atoms with Crippen molar-refractivity contribution in [2.45, 2.75) is 39.0 Å². The second-order valence-electron chi connectivity index (χ2n) is 8.87. The maximum Gasteiger partial charge on any atom is 0.279 e. The average molecular weight is 481 g/mol. The van der Waals surface area contributed by atoms with Gasteiger partial charge in [-0.3, -0.25) is 14.9 Å². The monoisotopic (exact) mass is 480 g/mol. The predicted molar refractivity (Wildman–Crippen MR) is 128 cm³/mol. The molecule has 0 radical (unpaired) electrons. The molecule has 0 unspecified atom stereocenters. The van der Waals surface area contributed by atoms with Crippen LogP contribution in [0.4, 0.5) is 5.69 Å². The summed E-state index contributed by atoms with van der Waals surface area (Å²) in [6, 6.07) is 9.96. The number of nitro benzene ring substituents is 1. The average Bonchev–Trinajstić information content (AvgIpc) is 3.20. The number of hydrogen-bond acceptors (Lipinski definition) is 8. The largest absolute Gasteiger partial charge is 0.512 e. The topological polar surface area (TPSA) is 112 Å². The Bertz CT molecular complexity index is 1320. The number of nitrogens with zero attached hydrogens (tertiary/aromatic N) is 2. The third-order valence-electron chi connectivity index (χ3n) is 6.70. The van der Waals surface area contributed by atoms with Crippen molar-refractivity contribution >= 4 is 38.6 Å². The smallest absolute Gasteiger partial charge is 0.279 e. The highest BCUT2D eigenvalue weighted by Gasteiger charge is 2.41. The van der Waals surface area contributed by atoms with Crippen molar-refractivity contribution in [1.82, 2.24) is 4.98 Å². The second kappa shape index (κ2) is 8.81. The first-order valence-corrected chi connectivity index (χ1v) is 12.1. The number of aromatic nitrogens is 1. The minimum absolute atomic E-state index is 0.00203. The third kappa shape index (κ3) is 4.17. The van der Waals surface area contributed by atoms with Crippen LogP contribution in [0.3, 0.4) is 0 Å². The molecule has 5 rings (SSSR count). The van der Waals surface area contributed by atoms with Gasteiger partial charge in [0.2, 0.25) is 0 Å². The number of thiazole rings is 1. The Morgan fingerprint density at radius 2 is 2.00 bits per heavy atom. The van der Waals surface area contributed by atoms with E-state index < -0.39 is 4.92 Å². The number of Topliss-reactive ketones (excluding diaryl/α,β-unsaturated/α-hetero) is 1. The van der Waals surface area contributed by atoms with Crippen LogP contribution in [-0.2, 0) is 16.0 Å². The van der Waals surface area contributed by atoms with E-state index in [0.29, 0.717) is 64.8 Å². The second-order valence-corrected chi connectivity index (χ2v) is 9.87. The lowest BCUT2D eigenvalue weighted by atomic mass is 9.67. The Kier molecular flexibility index (Phi) is 5.83. The summed E-state index contributed by atoms with van der Waals surface area (Å²) >= 11 is 1.21. The van der Waals surface area contributed by atoms with Gasteiger partial charge in [0.1, 0.15) is 11.5 Å². The van der Waals surface area contributed by atoms with Crippen LogP contribution >= 0.6 is 11.3 Å². The normalized spacial score (nSPS) is 18.0. The lowest BCUT2D eigenvalue weighted by molar-refractivity contribution is -0.384. The van der Waals surface area contributed by atoms with Gasteiger partial charge in [0.15, 0.2) is 5.78 Å². The molecule has 1 aromatic heterocycles. The molecular formula is C25H24N2O6S. The van der Waals surface area contributed by atoms with Crippen LogP contribution < -0.4 is 4.74 Å². The molecule has 0 atom stereocenters. The Balaban J connectivity index is 1.47. The molecule has 1 fully saturated rings. The summed E-state index contributed by atoms with van der Waals surface area (Å²) in [4.78, 5) is 28.3. The molecular weight excluding hydrogens is 456 g/mol. The van der Waals surface area contributed by atoms with E-state index in [1.54, 1.807) is 12.1 Å². The maximum atomic E-state index is 13.3. The number of fused-ring (bicyclic) bond motifs is 1. The highest BCUT2D eigenvalue weighted by Crippen LogP contribution is 2.47. The molecule has 34 heavy (non-hydrogen) atoms. The maximum absolute atomic E-state index is 13.3. The summed E-state index contributed by atoms with van der Waals surface area (Å²) < 4.78 is 12.1. The van der Waals surface area contributed by atoms with Crippen LogP contribution in [0.2, 0.25) is 0 Å². The van der Waals surface area contributed by atoms with Crippen molar-refractivity contribution in [3.63, 3.8) is 0 Å². The summed E-state index contributed by atoms with van der Waals surface area (Å²) in [5.41, 5.74) is 2.40. The standard InChI is InChI=1S/C25H24N2O6S/c1-2-15-3-5-17(33-24-26-19-6-4-16(27(30)31)11-22(19)34-24)12-18(15)23-20(28)13-25(14-21(23)29)7-9-32-10-8-25/h3-6,11-12,28H,2,7-10,13-14H2,1H3. The Morgan fingerprint density at radius 3 is 2.71 bits per heavy atom. The number of hydrogen-bond donors (Lipinski definition) is 1. The molecule has 2 aromatic carbocycles. The summed E-state index contributed by atoms with van der Waals surface area (Å²) in [6.07, 6.45) is 3.12. The summed E-state index contributed by atoms with van der Waals surface area (Å²) in [5, 5.41) is 22.4. The van der Waals surface area contributed by atoms with Gasteiger partial charge >= 0.3 is 0 Å². The molecule has 176 valence electrons. The first kappa shape index (κ1) is 22.5. The first-order chi connectivity index (χ1) is 16.4. The van der Waals surface area contributed by atoms with Crippen LogP contribution in [0.5, 0.6) is 10.9 Å². The van der Waals surface area contributed by atoms with Crippen LogP contribution in [-0.4, -0.2) is 34.0 Å². The molecule has 1 aliphatic heterocycles. The van der Waals surface area contributed by atoms with Crippen molar-refractivity contribution in [3.8, 4) is 10.9 Å². The van der Waals surface area contributed by atoms with Gasteiger partial charge in [-0.2, -0.15) is 0 Å². The zero-order valence-electron chi connectivity index (χ0n) is 18.7. The number of non-ortho nitro benzene ring substituents is 1. The lowest BCUT2D eigenvalue weighted by Gasteiger charge is -2.39. The number of ketones is 1. The third-order valence-corrected chi connectivity index (χ3v) is 7.59. The van der Waals surface area contributed by atoms with Crippen LogP contribution in [0.15, 0.2) is 42.2 Å². The number of benzene rings is 2. The number of allylic oxidation sites excluding steroid dienone is 2. The van der Waals surface area contributed by atoms with Gasteiger partial charge in [-0.05, 0) is 54.0 Å². The van der Waals surface area contributed by atoms with Gasteiger partial charge < -0.3 is 14.6 Å². The van der Waals surface area contributed by atoms with Crippen molar-refractivity contribution < 1.29 is 24.3 Å². The van der Waals surface area contributed by atoms with E-state index in [-0.39, 0.29) is 22.6 Å². The Hall–Kier alpha value is -3.30. The molecule has 1 spiro atoms. The van der Waals surface area contributed by atoms with Gasteiger partial charge in [-0.1, -0.05) is 24.3 Å². The fourth-order valence-electron chi connectivity index (χ4n) is 4.87. The zero-order chi connectivity index (χ0) is 23.9. The van der Waals surface area contributed by atoms with Crippen LogP contribution in [0, 0.1) is 15.5 Å². The van der Waals surface area contributed by atoms with E-state index in [4.69, 9.17) is 9.47 Å². The summed E-state index contributed by atoms with van der Waals surface area (Å²) in [6.45, 7) is 3.24. The number of aliphatic hydroxyl groups is 1. The van der Waals surface area contributed by atoms with Gasteiger partial charge in [0.05, 0.1) is 20.7 Å². The van der Waals surface area contributed by atoms with E-state index in [1.807, 2.05) is 19.1 Å². The number of ether oxygens (including phenoxy) is 2. The van der Waals surface area contributed by atoms with Gasteiger partial charge in [-0.25, -0.2) is 4.98 Å². The number of carbonyl (C=O) groups is 1. The molecule has 1 saturated heterocycles. The molecule has 8 nitrogen and oxygen atoms in total. The Morgan fingerprint density at radius 1 is 1.21 bits per heavy atom. The van der Waals surface area contributed by atoms with Gasteiger partial charge in [0, 0.05) is 38.2 Å². The molecule has 1 N–H and O–H groups in total. The van der Waals surface area contributed by atoms with Crippen LogP contribution in [0.1, 0.15) is 43.7 Å². The molecule has 9 heteroatoms. The van der Waals surface area contributed by atoms with E-state index in [9.17, 15) is 20.0 Å². The van der Waals surface area contributed by atoms with Crippen molar-refractivity contribution in [3.05, 3.63) is 63.4 Å². The van der Waals surface area contributed by atoms with E-state index in [0.717, 1.165) is 18.4 Å². The quantitative estimate of drug-likeness (QED) is 0.353. The van der Waals surface area contributed by atoms with Gasteiger partial charge in [0.25, 0.3) is 10.9 Å². The molecule has 1 aliphatic carbocycles. The first-order valence-electron chi connectivity index (χ1n) is 11.3. The lowest BCUT2D eigenvalue weighted by Crippen LogP contribution is -2.36. The van der Waals surface area contributed by atoms with E-state index >= 15 is 0 Å². The number of aryl methyl sites for hydroxylation is 1. The minimum Gasteiger partial charge on any atom is -0.512 e. The number of carbonyl (C=O) groups excluding carboxylic acids is 1. The van der Waals surface area contributed by atoms with E-state index in [2.05, 4.69) is 4.98 Å². The minimum atomic E-state index is -0.443. The van der Waals surface area contributed by atoms with Crippen molar-refractivity contribution in [2.24, 2.45) is 5.41 Å². The zero-order valence-corrected chi connectivity index (χ0v) is 19.5. The molecule has 3 aromatic rings. The summed E-state index contributed by atoms with van der Waals surface area (Å²) in [5.74, 6) is 0.572. The molecule has 0 saturated carbocycles. The number of rotatable bonds is 5. The highest BCUT2D eigenvalue weighted by atomic mass is 32.1. The van der Waals surface area contributed by atoms with Crippen molar-refractivity contribution in [1.29, 1.82) is 0 Å². The SMILES string of the molecule is CCc1ccc(Oc2nc3ccc([N+](=O)[O-])cc3s2)cc1C1=C(O)CC2(CCOCC2)CC1=O. The van der Waals surface area contributed by atoms with Gasteiger partial charge in [-0.15, -0.1) is 0 Å². The Labute approximate surface area is 200 Å². The number of nitro groups is 1. The summed E-state index contributed by atoms with van der Waals surface area (Å²) in [7, 11) is 0. The predicted octanol–water partition coefficient (Wildman–Crippen LogP) is 5.99. The number of aliphatic hydroxyl groups excluding tert-OH is 1. The highest BCUT2D eigenvalue weighted by molar-refractivity contribution is 7.20. The fourth-order valence-corrected chi connectivity index (χ4v) is 5.74. The van der Waals surface area contributed by atoms with E-state index in [1.165, 1.54) is 23.5 Å². The van der Waals surface area contributed by atoms with Crippen molar-refractivity contribution in [2.75, 3.05) is 13.2 Å². The van der Waals surface area contributed by atoms with Crippen LogP contribution in [0.25, 0.3) is 15.8 Å². The molecule has 0 amide bonds. The molecule has 0 bridgehead atoms. The molecule has 2 heterocycles. The fraction of sp³-hybridized carbons (Fsp3) is 0.360. The molecule has 2 aliphatic rings.